The van der Waals surface area contributed by atoms with Crippen LogP contribution >= 0.6 is 0 Å². The molecule has 2 heterocycles. The van der Waals surface area contributed by atoms with Crippen molar-refractivity contribution in [1.82, 2.24) is 9.47 Å². The average Bonchev–Trinajstić information content (AvgIpc) is 2.81. The summed E-state index contributed by atoms with van der Waals surface area (Å²) in [6.07, 6.45) is 3.14. The number of pyridine rings is 1. The fourth-order valence-corrected chi connectivity index (χ4v) is 4.05. The second-order valence-electron chi connectivity index (χ2n) is 7.68. The standard InChI is InChI=1S/C27H26N4O/c1-4-29-27(28)22-18-31-16-15-30(3)26(23(31)17-24(22)32)25(21-13-9-6-10-14-21)19(2)20-11-7-5-8-12-20/h4-14,17-18H,1-2,15-16H2,3H3,(H2,28,29)/b26-25+. The summed E-state index contributed by atoms with van der Waals surface area (Å²) in [6.45, 7) is 9.53. The van der Waals surface area contributed by atoms with E-state index in [1.165, 1.54) is 6.20 Å². The molecule has 4 rings (SSSR count). The second kappa shape index (κ2) is 8.94. The molecule has 0 saturated carbocycles. The van der Waals surface area contributed by atoms with E-state index >= 15 is 0 Å². The van der Waals surface area contributed by atoms with Gasteiger partial charge < -0.3 is 15.2 Å². The number of hydrogen-bond donors (Lipinski definition) is 1. The summed E-state index contributed by atoms with van der Waals surface area (Å²) < 4.78 is 2.07. The number of hydrogen-bond acceptors (Lipinski definition) is 3. The molecule has 0 amide bonds. The monoisotopic (exact) mass is 422 g/mol. The van der Waals surface area contributed by atoms with Gasteiger partial charge >= 0.3 is 0 Å². The van der Waals surface area contributed by atoms with Gasteiger partial charge in [-0.15, -0.1) is 0 Å². The van der Waals surface area contributed by atoms with Gasteiger partial charge in [-0.2, -0.15) is 0 Å². The zero-order valence-electron chi connectivity index (χ0n) is 18.2. The Balaban J connectivity index is 2.01. The molecule has 0 saturated heterocycles. The van der Waals surface area contributed by atoms with Crippen LogP contribution in [0.4, 0.5) is 0 Å². The lowest BCUT2D eigenvalue weighted by atomic mass is 9.89. The van der Waals surface area contributed by atoms with Crippen molar-refractivity contribution in [3.63, 3.8) is 0 Å². The Morgan fingerprint density at radius 3 is 2.28 bits per heavy atom. The fourth-order valence-electron chi connectivity index (χ4n) is 4.05. The molecule has 2 aromatic carbocycles. The molecule has 0 bridgehead atoms. The van der Waals surface area contributed by atoms with Gasteiger partial charge in [-0.05, 0) is 16.7 Å². The quantitative estimate of drug-likeness (QED) is 0.495. The third kappa shape index (κ3) is 3.93. The number of likely N-dealkylation sites (N-methyl/N-ethyl adjacent to an activating group) is 1. The van der Waals surface area contributed by atoms with Gasteiger partial charge in [-0.25, -0.2) is 4.99 Å². The highest BCUT2D eigenvalue weighted by molar-refractivity contribution is 6.13. The van der Waals surface area contributed by atoms with E-state index in [1.807, 2.05) is 43.4 Å². The molecule has 0 aliphatic carbocycles. The van der Waals surface area contributed by atoms with Crippen LogP contribution in [0.2, 0.25) is 0 Å². The third-order valence-electron chi connectivity index (χ3n) is 5.66. The summed E-state index contributed by atoms with van der Waals surface area (Å²) in [4.78, 5) is 19.2. The van der Waals surface area contributed by atoms with Crippen molar-refractivity contribution in [3.8, 4) is 0 Å². The van der Waals surface area contributed by atoms with Crippen LogP contribution in [0.1, 0.15) is 22.4 Å². The van der Waals surface area contributed by atoms with E-state index in [0.29, 0.717) is 5.56 Å². The van der Waals surface area contributed by atoms with Crippen LogP contribution in [-0.4, -0.2) is 28.9 Å². The Morgan fingerprint density at radius 2 is 1.66 bits per heavy atom. The molecule has 160 valence electrons. The first kappa shape index (κ1) is 21.1. The molecule has 1 aliphatic rings. The van der Waals surface area contributed by atoms with Crippen molar-refractivity contribution in [2.45, 2.75) is 6.54 Å². The first-order chi connectivity index (χ1) is 15.5. The second-order valence-corrected chi connectivity index (χ2v) is 7.68. The Hall–Kier alpha value is -4.12. The summed E-state index contributed by atoms with van der Waals surface area (Å²) in [7, 11) is 2.05. The lowest BCUT2D eigenvalue weighted by Crippen LogP contribution is -2.34. The summed E-state index contributed by atoms with van der Waals surface area (Å²) >= 11 is 0. The van der Waals surface area contributed by atoms with Gasteiger partial charge in [0.05, 0.1) is 17.0 Å². The molecule has 5 heteroatoms. The molecule has 0 fully saturated rings. The van der Waals surface area contributed by atoms with Crippen LogP contribution in [0.5, 0.6) is 0 Å². The summed E-state index contributed by atoms with van der Waals surface area (Å²) in [5.41, 5.74) is 12.0. The number of nitrogens with zero attached hydrogens (tertiary/aromatic N) is 3. The van der Waals surface area contributed by atoms with Crippen LogP contribution in [-0.2, 0) is 6.54 Å². The highest BCUT2D eigenvalue weighted by Gasteiger charge is 2.25. The lowest BCUT2D eigenvalue weighted by Gasteiger charge is -2.34. The van der Waals surface area contributed by atoms with Crippen molar-refractivity contribution >= 4 is 22.7 Å². The van der Waals surface area contributed by atoms with Gasteiger partial charge in [0.25, 0.3) is 0 Å². The van der Waals surface area contributed by atoms with E-state index in [0.717, 1.165) is 46.8 Å². The maximum absolute atomic E-state index is 13.0. The summed E-state index contributed by atoms with van der Waals surface area (Å²) in [6, 6.07) is 21.9. The predicted octanol–water partition coefficient (Wildman–Crippen LogP) is 4.22. The van der Waals surface area contributed by atoms with Crippen LogP contribution < -0.4 is 11.2 Å². The number of benzene rings is 2. The van der Waals surface area contributed by atoms with Crippen molar-refractivity contribution in [1.29, 1.82) is 0 Å². The Kier molecular flexibility index (Phi) is 5.90. The van der Waals surface area contributed by atoms with Crippen LogP contribution in [0, 0.1) is 0 Å². The fraction of sp³-hybridized carbons (Fsp3) is 0.111. The molecule has 2 N–H and O–H groups in total. The van der Waals surface area contributed by atoms with Crippen LogP contribution in [0.25, 0.3) is 16.8 Å². The smallest absolute Gasteiger partial charge is 0.193 e. The summed E-state index contributed by atoms with van der Waals surface area (Å²) in [5, 5.41) is 0. The lowest BCUT2D eigenvalue weighted by molar-refractivity contribution is 0.409. The maximum atomic E-state index is 13.0. The zero-order chi connectivity index (χ0) is 22.7. The zero-order valence-corrected chi connectivity index (χ0v) is 18.2. The van der Waals surface area contributed by atoms with Gasteiger partial charge in [0, 0.05) is 44.2 Å². The molecule has 0 spiro atoms. The topological polar surface area (TPSA) is 63.6 Å². The molecule has 32 heavy (non-hydrogen) atoms. The number of aromatic nitrogens is 1. The number of fused-ring (bicyclic) bond motifs is 1. The predicted molar refractivity (Wildman–Crippen MR) is 133 cm³/mol. The van der Waals surface area contributed by atoms with Gasteiger partial charge in [-0.3, -0.25) is 4.79 Å². The Bertz CT molecular complexity index is 1280. The number of rotatable bonds is 5. The number of amidine groups is 1. The van der Waals surface area contributed by atoms with Crippen LogP contribution in [0.15, 0.2) is 102 Å². The van der Waals surface area contributed by atoms with E-state index < -0.39 is 0 Å². The molecule has 0 unspecified atom stereocenters. The van der Waals surface area contributed by atoms with E-state index in [9.17, 15) is 4.79 Å². The molecular weight excluding hydrogens is 396 g/mol. The van der Waals surface area contributed by atoms with Crippen molar-refractivity contribution in [2.75, 3.05) is 13.6 Å². The third-order valence-corrected chi connectivity index (χ3v) is 5.66. The van der Waals surface area contributed by atoms with Crippen molar-refractivity contribution in [3.05, 3.63) is 125 Å². The van der Waals surface area contributed by atoms with Gasteiger partial charge in [0.1, 0.15) is 5.84 Å². The molecule has 5 nitrogen and oxygen atoms in total. The van der Waals surface area contributed by atoms with E-state index in [1.54, 1.807) is 12.3 Å². The highest BCUT2D eigenvalue weighted by atomic mass is 16.1. The average molecular weight is 423 g/mol. The van der Waals surface area contributed by atoms with Crippen LogP contribution in [0.3, 0.4) is 0 Å². The minimum atomic E-state index is -0.176. The normalized spacial score (nSPS) is 15.2. The van der Waals surface area contributed by atoms with Gasteiger partial charge in [0.15, 0.2) is 5.43 Å². The number of nitrogens with two attached hydrogens (primary N) is 1. The maximum Gasteiger partial charge on any atom is 0.193 e. The highest BCUT2D eigenvalue weighted by Crippen LogP contribution is 2.38. The molecule has 1 aromatic heterocycles. The van der Waals surface area contributed by atoms with E-state index in [-0.39, 0.29) is 11.3 Å². The van der Waals surface area contributed by atoms with Gasteiger partial charge in [-0.1, -0.05) is 73.8 Å². The van der Waals surface area contributed by atoms with E-state index in [2.05, 4.69) is 51.9 Å². The first-order valence-electron chi connectivity index (χ1n) is 10.5. The van der Waals surface area contributed by atoms with Gasteiger partial charge in [0.2, 0.25) is 0 Å². The molecular formula is C27H26N4O. The minimum absolute atomic E-state index is 0.168. The largest absolute Gasteiger partial charge is 0.383 e. The molecule has 1 aliphatic heterocycles. The minimum Gasteiger partial charge on any atom is -0.383 e. The van der Waals surface area contributed by atoms with Crippen molar-refractivity contribution in [2.24, 2.45) is 10.7 Å². The first-order valence-corrected chi connectivity index (χ1v) is 10.5. The SMILES string of the molecule is C=CN=C(N)c1cn2c(cc1=O)/C(=C(/C(=C)c1ccccc1)c1ccccc1)N(C)CC2. The molecule has 3 aromatic rings. The number of aliphatic imine (C=N–C) groups is 1. The summed E-state index contributed by atoms with van der Waals surface area (Å²) in [5.74, 6) is 0.168. The Morgan fingerprint density at radius 1 is 1.03 bits per heavy atom. The molecule has 0 radical (unpaired) electrons. The van der Waals surface area contributed by atoms with Crippen molar-refractivity contribution < 1.29 is 0 Å². The Labute approximate surface area is 188 Å². The molecule has 0 atom stereocenters. The number of allylic oxidation sites excluding steroid dienone is 2. The van der Waals surface area contributed by atoms with E-state index in [4.69, 9.17) is 5.73 Å².